The van der Waals surface area contributed by atoms with E-state index in [0.717, 1.165) is 6.07 Å². The van der Waals surface area contributed by atoms with Crippen LogP contribution in [0.1, 0.15) is 13.3 Å². The smallest absolute Gasteiger partial charge is 0.246 e. The molecule has 1 aromatic carbocycles. The predicted octanol–water partition coefficient (Wildman–Crippen LogP) is -0.385. The maximum atomic E-state index is 13.1. The highest BCUT2D eigenvalue weighted by atomic mass is 32.2. The Morgan fingerprint density at radius 1 is 1.14 bits per heavy atom. The van der Waals surface area contributed by atoms with Gasteiger partial charge in [0.25, 0.3) is 0 Å². The van der Waals surface area contributed by atoms with Gasteiger partial charge in [-0.1, -0.05) is 0 Å². The Labute approximate surface area is 163 Å². The molecular weight excluding hydrogens is 410 g/mol. The molecule has 0 radical (unpaired) electrons. The second-order valence-corrected chi connectivity index (χ2v) is 10.3. The number of carbonyl (C=O) groups is 2. The predicted molar refractivity (Wildman–Crippen MR) is 99.9 cm³/mol. The average Bonchev–Trinajstić information content (AvgIpc) is 2.93. The van der Waals surface area contributed by atoms with Crippen molar-refractivity contribution in [1.82, 2.24) is 9.21 Å². The first-order chi connectivity index (χ1) is 13.1. The molecule has 28 heavy (non-hydrogen) atoms. The van der Waals surface area contributed by atoms with E-state index in [1.165, 1.54) is 30.5 Å². The van der Waals surface area contributed by atoms with E-state index in [-0.39, 0.29) is 60.6 Å². The van der Waals surface area contributed by atoms with Crippen molar-refractivity contribution in [2.75, 3.05) is 43.3 Å². The van der Waals surface area contributed by atoms with E-state index in [0.29, 0.717) is 4.31 Å². The number of rotatable bonds is 4. The van der Waals surface area contributed by atoms with Gasteiger partial charge in [-0.3, -0.25) is 9.59 Å². The lowest BCUT2D eigenvalue weighted by Gasteiger charge is -2.33. The van der Waals surface area contributed by atoms with Crippen molar-refractivity contribution in [3.63, 3.8) is 0 Å². The molecule has 2 aliphatic rings. The number of anilines is 1. The number of nitrogens with zero attached hydrogens (tertiary/aromatic N) is 3. The van der Waals surface area contributed by atoms with Gasteiger partial charge in [0.05, 0.1) is 18.6 Å². The minimum Gasteiger partial charge on any atom is -0.495 e. The van der Waals surface area contributed by atoms with Gasteiger partial charge < -0.3 is 9.64 Å². The van der Waals surface area contributed by atoms with Crippen LogP contribution in [-0.2, 0) is 29.6 Å². The van der Waals surface area contributed by atoms with Crippen molar-refractivity contribution in [2.24, 2.45) is 0 Å². The van der Waals surface area contributed by atoms with Crippen LogP contribution in [0.2, 0.25) is 0 Å². The zero-order valence-corrected chi connectivity index (χ0v) is 17.1. The van der Waals surface area contributed by atoms with Gasteiger partial charge in [-0.2, -0.15) is 4.31 Å². The van der Waals surface area contributed by atoms with Crippen LogP contribution >= 0.6 is 0 Å². The lowest BCUT2D eigenvalue weighted by molar-refractivity contribution is -0.130. The number of methoxy groups -OCH3 is 1. The Morgan fingerprint density at radius 3 is 2.29 bits per heavy atom. The first-order valence-electron chi connectivity index (χ1n) is 8.57. The second kappa shape index (κ2) is 7.33. The Hall–Kier alpha value is -2.18. The maximum Gasteiger partial charge on any atom is 0.246 e. The van der Waals surface area contributed by atoms with Gasteiger partial charge in [0.15, 0.2) is 0 Å². The van der Waals surface area contributed by atoms with Crippen LogP contribution in [0.15, 0.2) is 23.1 Å². The minimum atomic E-state index is -4.02. The number of sulfonamides is 2. The molecule has 0 spiro atoms. The number of benzene rings is 1. The van der Waals surface area contributed by atoms with Crippen LogP contribution in [0, 0.1) is 0 Å². The summed E-state index contributed by atoms with van der Waals surface area (Å²) in [7, 11) is -6.54. The van der Waals surface area contributed by atoms with Crippen molar-refractivity contribution >= 4 is 37.5 Å². The highest BCUT2D eigenvalue weighted by Crippen LogP contribution is 2.34. The van der Waals surface area contributed by atoms with Gasteiger partial charge >= 0.3 is 0 Å². The van der Waals surface area contributed by atoms with Gasteiger partial charge in [-0.25, -0.2) is 21.1 Å². The van der Waals surface area contributed by atoms with Crippen LogP contribution in [0.4, 0.5) is 5.69 Å². The molecule has 0 N–H and O–H groups in total. The summed E-state index contributed by atoms with van der Waals surface area (Å²) in [5.74, 6) is -1.01. The fourth-order valence-electron chi connectivity index (χ4n) is 3.24. The molecule has 2 amide bonds. The van der Waals surface area contributed by atoms with Gasteiger partial charge in [0.1, 0.15) is 10.6 Å². The zero-order chi connectivity index (χ0) is 20.7. The molecule has 12 heteroatoms. The van der Waals surface area contributed by atoms with Gasteiger partial charge in [-0.05, 0) is 18.2 Å². The maximum absolute atomic E-state index is 13.1. The number of ether oxygens (including phenoxy) is 1. The van der Waals surface area contributed by atoms with Crippen molar-refractivity contribution in [3.8, 4) is 5.75 Å². The SMILES string of the molecule is COc1ccc(N2C(=O)CCS2(=O)=O)cc1S(=O)(=O)N1CCN(C(C)=O)CC1. The summed E-state index contributed by atoms with van der Waals surface area (Å²) in [4.78, 5) is 24.8. The Bertz CT molecular complexity index is 1010. The third-order valence-corrected chi connectivity index (χ3v) is 8.37. The summed E-state index contributed by atoms with van der Waals surface area (Å²) < 4.78 is 57.6. The lowest BCUT2D eigenvalue weighted by atomic mass is 10.3. The molecule has 2 aliphatic heterocycles. The van der Waals surface area contributed by atoms with Crippen LogP contribution < -0.4 is 9.04 Å². The molecule has 2 fully saturated rings. The van der Waals surface area contributed by atoms with Crippen LogP contribution in [-0.4, -0.2) is 76.9 Å². The number of piperazine rings is 1. The largest absolute Gasteiger partial charge is 0.495 e. The summed E-state index contributed by atoms with van der Waals surface area (Å²) in [6.07, 6.45) is -0.149. The van der Waals surface area contributed by atoms with Crippen molar-refractivity contribution in [2.45, 2.75) is 18.2 Å². The number of carbonyl (C=O) groups excluding carboxylic acids is 2. The molecule has 0 unspecified atom stereocenters. The minimum absolute atomic E-state index is 0.0377. The van der Waals surface area contributed by atoms with E-state index < -0.39 is 26.0 Å². The first kappa shape index (κ1) is 20.6. The number of hydrogen-bond donors (Lipinski definition) is 0. The molecule has 154 valence electrons. The van der Waals surface area contributed by atoms with Crippen LogP contribution in [0.25, 0.3) is 0 Å². The molecule has 0 bridgehead atoms. The second-order valence-electron chi connectivity index (χ2n) is 6.47. The summed E-state index contributed by atoms with van der Waals surface area (Å²) in [5.41, 5.74) is -0.0377. The fraction of sp³-hybridized carbons (Fsp3) is 0.500. The quantitative estimate of drug-likeness (QED) is 0.637. The van der Waals surface area contributed by atoms with Gasteiger partial charge in [0, 0.05) is 39.5 Å². The van der Waals surface area contributed by atoms with E-state index in [9.17, 15) is 26.4 Å². The molecule has 0 saturated carbocycles. The van der Waals surface area contributed by atoms with E-state index in [1.54, 1.807) is 4.90 Å². The molecule has 2 saturated heterocycles. The van der Waals surface area contributed by atoms with E-state index >= 15 is 0 Å². The van der Waals surface area contributed by atoms with Crippen molar-refractivity contribution < 1.29 is 31.2 Å². The monoisotopic (exact) mass is 431 g/mol. The highest BCUT2D eigenvalue weighted by Gasteiger charge is 2.38. The number of hydrogen-bond acceptors (Lipinski definition) is 7. The van der Waals surface area contributed by atoms with Gasteiger partial charge in [-0.15, -0.1) is 0 Å². The molecular formula is C16H21N3O7S2. The van der Waals surface area contributed by atoms with Crippen LogP contribution in [0.5, 0.6) is 5.75 Å². The van der Waals surface area contributed by atoms with E-state index in [2.05, 4.69) is 0 Å². The normalized spacial score (nSPS) is 20.4. The van der Waals surface area contributed by atoms with E-state index in [1.807, 2.05) is 0 Å². The average molecular weight is 431 g/mol. The topological polar surface area (TPSA) is 121 Å². The highest BCUT2D eigenvalue weighted by molar-refractivity contribution is 7.94. The molecule has 1 aromatic rings. The van der Waals surface area contributed by atoms with Crippen molar-refractivity contribution in [1.29, 1.82) is 0 Å². The van der Waals surface area contributed by atoms with E-state index in [4.69, 9.17) is 4.74 Å². The Morgan fingerprint density at radius 2 is 1.79 bits per heavy atom. The Balaban J connectivity index is 1.99. The van der Waals surface area contributed by atoms with Crippen molar-refractivity contribution in [3.05, 3.63) is 18.2 Å². The summed E-state index contributed by atoms with van der Waals surface area (Å²) >= 11 is 0. The standard InChI is InChI=1S/C16H21N3O7S2/c1-12(20)17-6-8-18(9-7-17)28(24,25)15-11-13(3-4-14(15)26-2)19-16(21)5-10-27(19,22)23/h3-4,11H,5-10H2,1-2H3. The number of amides is 2. The first-order valence-corrected chi connectivity index (χ1v) is 11.6. The summed E-state index contributed by atoms with van der Waals surface area (Å²) in [6.45, 7) is 2.15. The molecule has 10 nitrogen and oxygen atoms in total. The fourth-order valence-corrected chi connectivity index (χ4v) is 6.29. The van der Waals surface area contributed by atoms with Gasteiger partial charge in [0.2, 0.25) is 31.9 Å². The Kier molecular flexibility index (Phi) is 5.38. The third-order valence-electron chi connectivity index (χ3n) is 4.76. The molecule has 0 aromatic heterocycles. The third kappa shape index (κ3) is 3.59. The summed E-state index contributed by atoms with van der Waals surface area (Å²) in [5, 5.41) is 0. The molecule has 2 heterocycles. The van der Waals surface area contributed by atoms with Crippen LogP contribution in [0.3, 0.4) is 0 Å². The molecule has 3 rings (SSSR count). The summed E-state index contributed by atoms with van der Waals surface area (Å²) in [6, 6.07) is 3.81. The molecule has 0 atom stereocenters. The zero-order valence-electron chi connectivity index (χ0n) is 15.5. The lowest BCUT2D eigenvalue weighted by Crippen LogP contribution is -2.50. The molecule has 0 aliphatic carbocycles.